The minimum atomic E-state index is -0.865. The summed E-state index contributed by atoms with van der Waals surface area (Å²) in [5.74, 6) is -1.50. The molecule has 1 atom stereocenters. The number of amides is 1. The predicted molar refractivity (Wildman–Crippen MR) is 74.0 cm³/mol. The number of aromatic nitrogens is 1. The van der Waals surface area contributed by atoms with Gasteiger partial charge in [0.05, 0.1) is 6.61 Å². The van der Waals surface area contributed by atoms with Crippen LogP contribution in [0.5, 0.6) is 0 Å². The molecule has 0 saturated carbocycles. The second-order valence-corrected chi connectivity index (χ2v) is 4.85. The van der Waals surface area contributed by atoms with Crippen LogP contribution in [0.1, 0.15) is 37.7 Å². The van der Waals surface area contributed by atoms with Gasteiger partial charge >= 0.3 is 5.97 Å². The van der Waals surface area contributed by atoms with Gasteiger partial charge in [-0.3, -0.25) is 14.6 Å². The van der Waals surface area contributed by atoms with Crippen LogP contribution in [0.2, 0.25) is 0 Å². The number of carbonyl (C=O) groups excluding carboxylic acids is 2. The molecule has 1 aromatic rings. The molecule has 2 heterocycles. The van der Waals surface area contributed by atoms with Crippen molar-refractivity contribution < 1.29 is 14.3 Å². The van der Waals surface area contributed by atoms with E-state index >= 15 is 0 Å². The minimum absolute atomic E-state index is 0.158. The predicted octanol–water partition coefficient (Wildman–Crippen LogP) is 1.74. The highest BCUT2D eigenvalue weighted by molar-refractivity contribution is 6.03. The summed E-state index contributed by atoms with van der Waals surface area (Å²) < 4.78 is 5.06. The van der Waals surface area contributed by atoms with Crippen molar-refractivity contribution in [1.29, 1.82) is 0 Å². The van der Waals surface area contributed by atoms with Gasteiger partial charge in [-0.2, -0.15) is 0 Å². The Morgan fingerprint density at radius 1 is 1.25 bits per heavy atom. The average molecular weight is 276 g/mol. The van der Waals surface area contributed by atoms with E-state index in [1.807, 2.05) is 0 Å². The van der Waals surface area contributed by atoms with Gasteiger partial charge in [0.25, 0.3) is 0 Å². The summed E-state index contributed by atoms with van der Waals surface area (Å²) in [5, 5.41) is 0. The first-order valence-corrected chi connectivity index (χ1v) is 7.09. The van der Waals surface area contributed by atoms with Crippen molar-refractivity contribution in [2.75, 3.05) is 19.7 Å². The molecule has 0 aliphatic carbocycles. The number of nitrogens with zero attached hydrogens (tertiary/aromatic N) is 2. The molecule has 1 aliphatic rings. The van der Waals surface area contributed by atoms with E-state index in [0.717, 1.165) is 32.4 Å². The van der Waals surface area contributed by atoms with Crippen molar-refractivity contribution >= 4 is 11.9 Å². The highest BCUT2D eigenvalue weighted by Gasteiger charge is 2.33. The van der Waals surface area contributed by atoms with Gasteiger partial charge in [0.1, 0.15) is 0 Å². The van der Waals surface area contributed by atoms with E-state index in [0.29, 0.717) is 5.56 Å². The van der Waals surface area contributed by atoms with Gasteiger partial charge in [-0.15, -0.1) is 0 Å². The van der Waals surface area contributed by atoms with E-state index in [1.165, 1.54) is 0 Å². The lowest BCUT2D eigenvalue weighted by Gasteiger charge is -2.29. The van der Waals surface area contributed by atoms with Crippen LogP contribution in [0.15, 0.2) is 24.5 Å². The molecule has 1 amide bonds. The Labute approximate surface area is 118 Å². The third-order valence-corrected chi connectivity index (χ3v) is 3.48. The second-order valence-electron chi connectivity index (χ2n) is 4.85. The molecule has 0 radical (unpaired) electrons. The fourth-order valence-corrected chi connectivity index (χ4v) is 2.46. The molecule has 108 valence electrons. The Bertz CT molecular complexity index is 455. The van der Waals surface area contributed by atoms with Crippen LogP contribution in [0.4, 0.5) is 0 Å². The quantitative estimate of drug-likeness (QED) is 0.621. The van der Waals surface area contributed by atoms with Gasteiger partial charge in [0, 0.05) is 25.5 Å². The maximum Gasteiger partial charge on any atom is 0.323 e. The molecule has 5 heteroatoms. The smallest absolute Gasteiger partial charge is 0.323 e. The number of hydrogen-bond donors (Lipinski definition) is 0. The number of carbonyl (C=O) groups is 2. The molecular weight excluding hydrogens is 256 g/mol. The fourth-order valence-electron chi connectivity index (χ4n) is 2.46. The molecule has 1 fully saturated rings. The van der Waals surface area contributed by atoms with E-state index in [9.17, 15) is 9.59 Å². The van der Waals surface area contributed by atoms with Gasteiger partial charge in [-0.1, -0.05) is 0 Å². The SMILES string of the molecule is CCOC(=O)C(C(=O)N1CCCCC1)c1ccncc1. The third kappa shape index (κ3) is 3.35. The van der Waals surface area contributed by atoms with Crippen molar-refractivity contribution in [3.63, 3.8) is 0 Å². The van der Waals surface area contributed by atoms with Crippen LogP contribution in [-0.4, -0.2) is 41.5 Å². The van der Waals surface area contributed by atoms with Gasteiger partial charge in [-0.25, -0.2) is 0 Å². The second kappa shape index (κ2) is 7.03. The number of ether oxygens (including phenoxy) is 1. The van der Waals surface area contributed by atoms with Gasteiger partial charge in [0.2, 0.25) is 5.91 Å². The maximum atomic E-state index is 12.6. The Kier molecular flexibility index (Phi) is 5.09. The summed E-state index contributed by atoms with van der Waals surface area (Å²) in [7, 11) is 0. The molecule has 0 N–H and O–H groups in total. The van der Waals surface area contributed by atoms with E-state index in [1.54, 1.807) is 36.4 Å². The lowest BCUT2D eigenvalue weighted by Crippen LogP contribution is -2.41. The summed E-state index contributed by atoms with van der Waals surface area (Å²) >= 11 is 0. The van der Waals surface area contributed by atoms with Crippen LogP contribution in [-0.2, 0) is 14.3 Å². The summed E-state index contributed by atoms with van der Waals surface area (Å²) in [6.45, 7) is 3.46. The molecule has 5 nitrogen and oxygen atoms in total. The van der Waals surface area contributed by atoms with Crippen LogP contribution >= 0.6 is 0 Å². The molecule has 20 heavy (non-hydrogen) atoms. The number of pyridine rings is 1. The van der Waals surface area contributed by atoms with Crippen LogP contribution in [0.3, 0.4) is 0 Å². The highest BCUT2D eigenvalue weighted by Crippen LogP contribution is 2.22. The lowest BCUT2D eigenvalue weighted by atomic mass is 9.97. The minimum Gasteiger partial charge on any atom is -0.465 e. The average Bonchev–Trinajstić information content (AvgIpc) is 2.50. The molecule has 1 aromatic heterocycles. The third-order valence-electron chi connectivity index (χ3n) is 3.48. The molecule has 0 spiro atoms. The van der Waals surface area contributed by atoms with Crippen LogP contribution in [0, 0.1) is 0 Å². The molecule has 0 bridgehead atoms. The van der Waals surface area contributed by atoms with Gasteiger partial charge in [0.15, 0.2) is 5.92 Å². The zero-order valence-electron chi connectivity index (χ0n) is 11.7. The summed E-state index contributed by atoms with van der Waals surface area (Å²) in [4.78, 5) is 30.5. The van der Waals surface area contributed by atoms with Crippen LogP contribution < -0.4 is 0 Å². The van der Waals surface area contributed by atoms with Crippen LogP contribution in [0.25, 0.3) is 0 Å². The zero-order chi connectivity index (χ0) is 14.4. The number of esters is 1. The molecule has 0 aromatic carbocycles. The van der Waals surface area contributed by atoms with Crippen molar-refractivity contribution in [3.05, 3.63) is 30.1 Å². The lowest BCUT2D eigenvalue weighted by molar-refractivity contribution is -0.151. The first-order valence-electron chi connectivity index (χ1n) is 7.09. The normalized spacial score (nSPS) is 16.6. The van der Waals surface area contributed by atoms with Crippen molar-refractivity contribution in [1.82, 2.24) is 9.88 Å². The summed E-state index contributed by atoms with van der Waals surface area (Å²) in [6, 6.07) is 3.40. The number of likely N-dealkylation sites (tertiary alicyclic amines) is 1. The molecule has 1 saturated heterocycles. The molecule has 1 unspecified atom stereocenters. The Hall–Kier alpha value is -1.91. The topological polar surface area (TPSA) is 59.5 Å². The number of rotatable bonds is 4. The maximum absolute atomic E-state index is 12.6. The first kappa shape index (κ1) is 14.5. The summed E-state index contributed by atoms with van der Waals surface area (Å²) in [5.41, 5.74) is 0.647. The number of piperidine rings is 1. The summed E-state index contributed by atoms with van der Waals surface area (Å²) in [6.07, 6.45) is 6.31. The fraction of sp³-hybridized carbons (Fsp3) is 0.533. The molecular formula is C15H20N2O3. The standard InChI is InChI=1S/C15H20N2O3/c1-2-20-15(19)13(12-6-8-16-9-7-12)14(18)17-10-4-3-5-11-17/h6-9,13H,2-5,10-11H2,1H3. The molecule has 1 aliphatic heterocycles. The zero-order valence-corrected chi connectivity index (χ0v) is 11.7. The highest BCUT2D eigenvalue weighted by atomic mass is 16.5. The van der Waals surface area contributed by atoms with E-state index < -0.39 is 11.9 Å². The Morgan fingerprint density at radius 2 is 1.90 bits per heavy atom. The monoisotopic (exact) mass is 276 g/mol. The largest absolute Gasteiger partial charge is 0.465 e. The van der Waals surface area contributed by atoms with Gasteiger partial charge in [-0.05, 0) is 43.9 Å². The van der Waals surface area contributed by atoms with Crippen molar-refractivity contribution in [2.45, 2.75) is 32.1 Å². The first-order chi connectivity index (χ1) is 9.74. The van der Waals surface area contributed by atoms with Crippen molar-refractivity contribution in [3.8, 4) is 0 Å². The van der Waals surface area contributed by atoms with E-state index in [-0.39, 0.29) is 12.5 Å². The Balaban J connectivity index is 2.21. The van der Waals surface area contributed by atoms with E-state index in [2.05, 4.69) is 4.98 Å². The number of hydrogen-bond acceptors (Lipinski definition) is 4. The Morgan fingerprint density at radius 3 is 2.50 bits per heavy atom. The van der Waals surface area contributed by atoms with Crippen molar-refractivity contribution in [2.24, 2.45) is 0 Å². The van der Waals surface area contributed by atoms with Gasteiger partial charge < -0.3 is 9.64 Å². The van der Waals surface area contributed by atoms with E-state index in [4.69, 9.17) is 4.74 Å². The molecule has 2 rings (SSSR count).